The molecule has 0 atom stereocenters. The van der Waals surface area contributed by atoms with Gasteiger partial charge in [0.2, 0.25) is 0 Å². The van der Waals surface area contributed by atoms with E-state index >= 15 is 0 Å². The first-order valence-corrected chi connectivity index (χ1v) is 8.34. The smallest absolute Gasteiger partial charge is 0.133 e. The SMILES string of the molecule is COc1ccc(-n2cccc2/C=C(\C#N)C2Nc3ccccc3N2)cc1. The topological polar surface area (TPSA) is 62.0 Å². The van der Waals surface area contributed by atoms with Gasteiger partial charge in [0.15, 0.2) is 0 Å². The highest BCUT2D eigenvalue weighted by Gasteiger charge is 2.22. The van der Waals surface area contributed by atoms with Crippen LogP contribution in [0.25, 0.3) is 11.8 Å². The molecule has 0 fully saturated rings. The molecule has 5 heteroatoms. The van der Waals surface area contributed by atoms with Gasteiger partial charge in [-0.3, -0.25) is 0 Å². The molecule has 2 N–H and O–H groups in total. The average Bonchev–Trinajstić information content (AvgIpc) is 3.32. The molecular formula is C21H18N4O. The summed E-state index contributed by atoms with van der Waals surface area (Å²) in [6.45, 7) is 0. The minimum atomic E-state index is -0.239. The van der Waals surface area contributed by atoms with E-state index in [0.717, 1.165) is 28.5 Å². The van der Waals surface area contributed by atoms with Gasteiger partial charge >= 0.3 is 0 Å². The van der Waals surface area contributed by atoms with Crippen molar-refractivity contribution in [2.45, 2.75) is 6.17 Å². The Hall–Kier alpha value is -3.65. The van der Waals surface area contributed by atoms with Gasteiger partial charge in [0.05, 0.1) is 30.1 Å². The number of nitrogens with zero attached hydrogens (tertiary/aromatic N) is 2. The molecular weight excluding hydrogens is 324 g/mol. The fourth-order valence-electron chi connectivity index (χ4n) is 3.07. The summed E-state index contributed by atoms with van der Waals surface area (Å²) in [6.07, 6.45) is 3.64. The Labute approximate surface area is 152 Å². The Balaban J connectivity index is 1.64. The summed E-state index contributed by atoms with van der Waals surface area (Å²) in [6, 6.07) is 22.0. The van der Waals surface area contributed by atoms with E-state index in [1.807, 2.05) is 77.5 Å². The van der Waals surface area contributed by atoms with Crippen LogP contribution in [0.15, 0.2) is 72.4 Å². The van der Waals surface area contributed by atoms with Gasteiger partial charge in [-0.1, -0.05) is 12.1 Å². The standard InChI is InChI=1S/C21H18N4O/c1-26-18-10-8-16(9-11-18)25-12-4-5-17(25)13-15(14-22)21-23-19-6-2-3-7-20(19)24-21/h2-13,21,23-24H,1H3/b15-13+. The molecule has 0 saturated carbocycles. The molecule has 0 aliphatic carbocycles. The van der Waals surface area contributed by atoms with Gasteiger partial charge < -0.3 is 19.9 Å². The third kappa shape index (κ3) is 2.89. The number of methoxy groups -OCH3 is 1. The van der Waals surface area contributed by atoms with Crippen molar-refractivity contribution < 1.29 is 4.74 Å². The molecule has 4 rings (SSSR count). The quantitative estimate of drug-likeness (QED) is 0.696. The molecule has 2 heterocycles. The summed E-state index contributed by atoms with van der Waals surface area (Å²) in [5.74, 6) is 0.813. The second-order valence-corrected chi connectivity index (χ2v) is 5.98. The van der Waals surface area contributed by atoms with Crippen LogP contribution in [0.3, 0.4) is 0 Å². The third-order valence-electron chi connectivity index (χ3n) is 4.40. The number of nitriles is 1. The summed E-state index contributed by atoms with van der Waals surface area (Å²) in [5.41, 5.74) is 4.57. The van der Waals surface area contributed by atoms with E-state index in [1.165, 1.54) is 0 Å². The number of nitrogens with one attached hydrogen (secondary N) is 2. The van der Waals surface area contributed by atoms with Crippen LogP contribution in [-0.2, 0) is 0 Å². The highest BCUT2D eigenvalue weighted by Crippen LogP contribution is 2.31. The number of para-hydroxylation sites is 2. The van der Waals surface area contributed by atoms with Gasteiger partial charge in [-0.2, -0.15) is 5.26 Å². The van der Waals surface area contributed by atoms with Crippen LogP contribution in [-0.4, -0.2) is 17.8 Å². The number of benzene rings is 2. The Kier molecular flexibility index (Phi) is 4.08. The van der Waals surface area contributed by atoms with Crippen molar-refractivity contribution in [2.75, 3.05) is 17.7 Å². The number of anilines is 2. The maximum absolute atomic E-state index is 9.67. The second-order valence-electron chi connectivity index (χ2n) is 5.98. The largest absolute Gasteiger partial charge is 0.497 e. The van der Waals surface area contributed by atoms with Crippen LogP contribution in [0, 0.1) is 11.3 Å². The summed E-state index contributed by atoms with van der Waals surface area (Å²) < 4.78 is 7.26. The maximum atomic E-state index is 9.67. The minimum absolute atomic E-state index is 0.239. The molecule has 3 aromatic rings. The molecule has 5 nitrogen and oxygen atoms in total. The number of ether oxygens (including phenoxy) is 1. The van der Waals surface area contributed by atoms with Gasteiger partial charge in [-0.05, 0) is 54.6 Å². The number of rotatable bonds is 4. The number of hydrogen-bond donors (Lipinski definition) is 2. The van der Waals surface area contributed by atoms with Crippen molar-refractivity contribution >= 4 is 17.5 Å². The second kappa shape index (κ2) is 6.69. The zero-order valence-electron chi connectivity index (χ0n) is 14.3. The van der Waals surface area contributed by atoms with Gasteiger partial charge in [-0.15, -0.1) is 0 Å². The normalized spacial score (nSPS) is 13.5. The lowest BCUT2D eigenvalue weighted by Gasteiger charge is -2.12. The summed E-state index contributed by atoms with van der Waals surface area (Å²) >= 11 is 0. The molecule has 0 radical (unpaired) electrons. The molecule has 0 spiro atoms. The Morgan fingerprint density at radius 2 is 1.73 bits per heavy atom. The Bertz CT molecular complexity index is 970. The number of aromatic nitrogens is 1. The highest BCUT2D eigenvalue weighted by molar-refractivity contribution is 5.77. The lowest BCUT2D eigenvalue weighted by molar-refractivity contribution is 0.414. The van der Waals surface area contributed by atoms with E-state index < -0.39 is 0 Å². The van der Waals surface area contributed by atoms with E-state index in [2.05, 4.69) is 16.7 Å². The summed E-state index contributed by atoms with van der Waals surface area (Å²) in [4.78, 5) is 0. The predicted molar refractivity (Wildman–Crippen MR) is 103 cm³/mol. The highest BCUT2D eigenvalue weighted by atomic mass is 16.5. The number of fused-ring (bicyclic) bond motifs is 1. The van der Waals surface area contributed by atoms with Crippen LogP contribution in [0.1, 0.15) is 5.69 Å². The zero-order chi connectivity index (χ0) is 17.9. The van der Waals surface area contributed by atoms with E-state index in [1.54, 1.807) is 7.11 Å². The van der Waals surface area contributed by atoms with E-state index in [0.29, 0.717) is 5.57 Å². The Morgan fingerprint density at radius 3 is 2.35 bits per heavy atom. The molecule has 0 saturated heterocycles. The van der Waals surface area contributed by atoms with Crippen LogP contribution >= 0.6 is 0 Å². The molecule has 128 valence electrons. The van der Waals surface area contributed by atoms with Gasteiger partial charge in [-0.25, -0.2) is 0 Å². The van der Waals surface area contributed by atoms with Crippen molar-refractivity contribution in [3.63, 3.8) is 0 Å². The third-order valence-corrected chi connectivity index (χ3v) is 4.40. The first-order valence-electron chi connectivity index (χ1n) is 8.34. The van der Waals surface area contributed by atoms with E-state index in [4.69, 9.17) is 4.74 Å². The summed E-state index contributed by atoms with van der Waals surface area (Å²) in [7, 11) is 1.65. The first kappa shape index (κ1) is 15.9. The lowest BCUT2D eigenvalue weighted by atomic mass is 10.2. The van der Waals surface area contributed by atoms with Gasteiger partial charge in [0.25, 0.3) is 0 Å². The fourth-order valence-corrected chi connectivity index (χ4v) is 3.07. The van der Waals surface area contributed by atoms with Crippen molar-refractivity contribution in [2.24, 2.45) is 0 Å². The molecule has 1 aliphatic rings. The molecule has 2 aromatic carbocycles. The Morgan fingerprint density at radius 1 is 1.04 bits per heavy atom. The summed E-state index contributed by atoms with van der Waals surface area (Å²) in [5, 5.41) is 16.4. The van der Waals surface area contributed by atoms with Crippen molar-refractivity contribution in [1.82, 2.24) is 4.57 Å². The monoisotopic (exact) mass is 342 g/mol. The van der Waals surface area contributed by atoms with Crippen molar-refractivity contribution in [3.05, 3.63) is 78.1 Å². The maximum Gasteiger partial charge on any atom is 0.133 e. The zero-order valence-corrected chi connectivity index (χ0v) is 14.3. The van der Waals surface area contributed by atoms with Crippen molar-refractivity contribution in [1.29, 1.82) is 5.26 Å². The van der Waals surface area contributed by atoms with E-state index in [9.17, 15) is 5.26 Å². The molecule has 1 aliphatic heterocycles. The molecule has 0 unspecified atom stereocenters. The van der Waals surface area contributed by atoms with Crippen LogP contribution in [0.2, 0.25) is 0 Å². The molecule has 1 aromatic heterocycles. The molecule has 0 amide bonds. The minimum Gasteiger partial charge on any atom is -0.497 e. The van der Waals surface area contributed by atoms with Gasteiger partial charge in [0.1, 0.15) is 11.9 Å². The van der Waals surface area contributed by atoms with E-state index in [-0.39, 0.29) is 6.17 Å². The fraction of sp³-hybridized carbons (Fsp3) is 0.0952. The van der Waals surface area contributed by atoms with Crippen LogP contribution in [0.5, 0.6) is 5.75 Å². The van der Waals surface area contributed by atoms with Crippen molar-refractivity contribution in [3.8, 4) is 17.5 Å². The first-order chi connectivity index (χ1) is 12.8. The van der Waals surface area contributed by atoms with Crippen LogP contribution in [0.4, 0.5) is 11.4 Å². The van der Waals surface area contributed by atoms with Crippen LogP contribution < -0.4 is 15.4 Å². The average molecular weight is 342 g/mol. The lowest BCUT2D eigenvalue weighted by Crippen LogP contribution is -2.24. The van der Waals surface area contributed by atoms with Gasteiger partial charge in [0, 0.05) is 17.6 Å². The number of hydrogen-bond acceptors (Lipinski definition) is 4. The molecule has 0 bridgehead atoms. The predicted octanol–water partition coefficient (Wildman–Crippen LogP) is 4.26. The molecule has 26 heavy (non-hydrogen) atoms.